The zero-order chi connectivity index (χ0) is 19.6. The van der Waals surface area contributed by atoms with Gasteiger partial charge >= 0.3 is 5.97 Å². The highest BCUT2D eigenvalue weighted by molar-refractivity contribution is 6.31. The molecule has 0 aliphatic heterocycles. The summed E-state index contributed by atoms with van der Waals surface area (Å²) >= 11 is 6.05. The molecule has 0 saturated carbocycles. The number of nitrogens with one attached hydrogen (secondary N) is 1. The standard InChI is InChI=1S/C21H22ClNO4/c1-3-26-19-11-7-5-8-16(19)12-13-20(24)27-15(2)21(25)23-14-17-9-4-6-10-18(17)22/h4-13,15H,3,14H2,1-2H3,(H,23,25)/b13-12+/t15-/m1/s1. The summed E-state index contributed by atoms with van der Waals surface area (Å²) in [6, 6.07) is 14.6. The maximum absolute atomic E-state index is 12.1. The lowest BCUT2D eigenvalue weighted by atomic mass is 10.2. The highest BCUT2D eigenvalue weighted by Crippen LogP contribution is 2.19. The van der Waals surface area contributed by atoms with E-state index in [1.165, 1.54) is 13.0 Å². The van der Waals surface area contributed by atoms with E-state index in [-0.39, 0.29) is 6.54 Å². The van der Waals surface area contributed by atoms with Gasteiger partial charge in [-0.1, -0.05) is 48.0 Å². The Bertz CT molecular complexity index is 819. The molecule has 5 nitrogen and oxygen atoms in total. The third-order valence-corrected chi connectivity index (χ3v) is 4.06. The van der Waals surface area contributed by atoms with E-state index in [2.05, 4.69) is 5.32 Å². The zero-order valence-electron chi connectivity index (χ0n) is 15.3. The van der Waals surface area contributed by atoms with Crippen molar-refractivity contribution in [1.82, 2.24) is 5.32 Å². The van der Waals surface area contributed by atoms with E-state index in [1.807, 2.05) is 49.4 Å². The quantitative estimate of drug-likeness (QED) is 0.549. The Morgan fingerprint density at radius 3 is 2.59 bits per heavy atom. The normalized spacial score (nSPS) is 11.8. The first-order chi connectivity index (χ1) is 13.0. The highest BCUT2D eigenvalue weighted by atomic mass is 35.5. The number of carbonyl (C=O) groups is 2. The minimum Gasteiger partial charge on any atom is -0.493 e. The van der Waals surface area contributed by atoms with Crippen LogP contribution in [0.5, 0.6) is 5.75 Å². The molecule has 6 heteroatoms. The van der Waals surface area contributed by atoms with Crippen LogP contribution in [0.2, 0.25) is 5.02 Å². The summed E-state index contributed by atoms with van der Waals surface area (Å²) in [5, 5.41) is 3.27. The smallest absolute Gasteiger partial charge is 0.331 e. The minimum absolute atomic E-state index is 0.262. The molecule has 0 saturated heterocycles. The summed E-state index contributed by atoms with van der Waals surface area (Å²) in [5.74, 6) is -0.331. The van der Waals surface area contributed by atoms with Crippen molar-refractivity contribution in [2.24, 2.45) is 0 Å². The van der Waals surface area contributed by atoms with Crippen LogP contribution in [0.1, 0.15) is 25.0 Å². The molecule has 0 radical (unpaired) electrons. The van der Waals surface area contributed by atoms with Gasteiger partial charge in [0.25, 0.3) is 5.91 Å². The topological polar surface area (TPSA) is 64.6 Å². The van der Waals surface area contributed by atoms with Crippen molar-refractivity contribution in [2.45, 2.75) is 26.5 Å². The number of halogens is 1. The van der Waals surface area contributed by atoms with Crippen molar-refractivity contribution in [1.29, 1.82) is 0 Å². The number of carbonyl (C=O) groups excluding carboxylic acids is 2. The van der Waals surface area contributed by atoms with Crippen LogP contribution < -0.4 is 10.1 Å². The molecular weight excluding hydrogens is 366 g/mol. The van der Waals surface area contributed by atoms with Crippen LogP contribution in [-0.2, 0) is 20.9 Å². The molecule has 0 bridgehead atoms. The zero-order valence-corrected chi connectivity index (χ0v) is 16.0. The van der Waals surface area contributed by atoms with Gasteiger partial charge in [-0.3, -0.25) is 4.79 Å². The predicted molar refractivity (Wildman–Crippen MR) is 105 cm³/mol. The summed E-state index contributed by atoms with van der Waals surface area (Å²) in [4.78, 5) is 24.1. The fourth-order valence-corrected chi connectivity index (χ4v) is 2.50. The van der Waals surface area contributed by atoms with Crippen LogP contribution in [0.15, 0.2) is 54.6 Å². The van der Waals surface area contributed by atoms with Crippen LogP contribution in [0.4, 0.5) is 0 Å². The molecule has 1 N–H and O–H groups in total. The number of amides is 1. The Balaban J connectivity index is 1.87. The maximum Gasteiger partial charge on any atom is 0.331 e. The van der Waals surface area contributed by atoms with Gasteiger partial charge in [0.05, 0.1) is 6.61 Å². The van der Waals surface area contributed by atoms with E-state index < -0.39 is 18.0 Å². The molecule has 0 fully saturated rings. The monoisotopic (exact) mass is 387 g/mol. The summed E-state index contributed by atoms with van der Waals surface area (Å²) in [6.45, 7) is 4.19. The number of benzene rings is 2. The summed E-state index contributed by atoms with van der Waals surface area (Å²) in [5.41, 5.74) is 1.55. The highest BCUT2D eigenvalue weighted by Gasteiger charge is 2.16. The molecule has 0 heterocycles. The predicted octanol–water partition coefficient (Wildman–Crippen LogP) is 4.00. The average Bonchev–Trinajstić information content (AvgIpc) is 2.66. The number of rotatable bonds is 8. The number of ether oxygens (including phenoxy) is 2. The molecule has 2 rings (SSSR count). The molecule has 142 valence electrons. The SMILES string of the molecule is CCOc1ccccc1/C=C/C(=O)O[C@H](C)C(=O)NCc1ccccc1Cl. The molecule has 0 spiro atoms. The Hall–Kier alpha value is -2.79. The van der Waals surface area contributed by atoms with Crippen molar-refractivity contribution >= 4 is 29.6 Å². The molecule has 27 heavy (non-hydrogen) atoms. The Morgan fingerprint density at radius 1 is 1.15 bits per heavy atom. The van der Waals surface area contributed by atoms with E-state index in [1.54, 1.807) is 12.1 Å². The molecule has 2 aromatic rings. The van der Waals surface area contributed by atoms with Gasteiger partial charge in [0.2, 0.25) is 0 Å². The largest absolute Gasteiger partial charge is 0.493 e. The lowest BCUT2D eigenvalue weighted by Gasteiger charge is -2.13. The van der Waals surface area contributed by atoms with Gasteiger partial charge in [-0.2, -0.15) is 0 Å². The van der Waals surface area contributed by atoms with E-state index in [0.717, 1.165) is 11.1 Å². The molecule has 0 unspecified atom stereocenters. The number of hydrogen-bond acceptors (Lipinski definition) is 4. The van der Waals surface area contributed by atoms with Crippen LogP contribution >= 0.6 is 11.6 Å². The van der Waals surface area contributed by atoms with E-state index in [0.29, 0.717) is 17.4 Å². The van der Waals surface area contributed by atoms with Crippen molar-refractivity contribution in [3.63, 3.8) is 0 Å². The molecule has 1 atom stereocenters. The second kappa shape index (κ2) is 10.4. The summed E-state index contributed by atoms with van der Waals surface area (Å²) in [6.07, 6.45) is 1.95. The van der Waals surface area contributed by atoms with Crippen LogP contribution in [0.25, 0.3) is 6.08 Å². The van der Waals surface area contributed by atoms with Gasteiger partial charge in [-0.15, -0.1) is 0 Å². The Morgan fingerprint density at radius 2 is 1.85 bits per heavy atom. The molecular formula is C21H22ClNO4. The lowest BCUT2D eigenvalue weighted by Crippen LogP contribution is -2.35. The molecule has 0 aliphatic rings. The molecule has 0 aliphatic carbocycles. The van der Waals surface area contributed by atoms with E-state index in [4.69, 9.17) is 21.1 Å². The van der Waals surface area contributed by atoms with E-state index in [9.17, 15) is 9.59 Å². The van der Waals surface area contributed by atoms with Crippen LogP contribution in [0.3, 0.4) is 0 Å². The first-order valence-electron chi connectivity index (χ1n) is 8.63. The van der Waals surface area contributed by atoms with Gasteiger partial charge in [0.1, 0.15) is 5.75 Å². The van der Waals surface area contributed by atoms with Crippen LogP contribution in [0, 0.1) is 0 Å². The van der Waals surface area contributed by atoms with Gasteiger partial charge < -0.3 is 14.8 Å². The lowest BCUT2D eigenvalue weighted by molar-refractivity contribution is -0.150. The van der Waals surface area contributed by atoms with Crippen molar-refractivity contribution in [3.05, 3.63) is 70.8 Å². The van der Waals surface area contributed by atoms with Crippen molar-refractivity contribution in [2.75, 3.05) is 6.61 Å². The van der Waals surface area contributed by atoms with Gasteiger partial charge in [0, 0.05) is 23.2 Å². The summed E-state index contributed by atoms with van der Waals surface area (Å²) < 4.78 is 10.6. The third kappa shape index (κ3) is 6.46. The number of hydrogen-bond donors (Lipinski definition) is 1. The average molecular weight is 388 g/mol. The Labute approximate surface area is 163 Å². The fraction of sp³-hybridized carbons (Fsp3) is 0.238. The van der Waals surface area contributed by atoms with Crippen molar-refractivity contribution in [3.8, 4) is 5.75 Å². The Kier molecular flexibility index (Phi) is 7.89. The minimum atomic E-state index is -0.924. The summed E-state index contributed by atoms with van der Waals surface area (Å²) in [7, 11) is 0. The second-order valence-electron chi connectivity index (χ2n) is 5.69. The van der Waals surface area contributed by atoms with Gasteiger partial charge in [-0.25, -0.2) is 4.79 Å². The first-order valence-corrected chi connectivity index (χ1v) is 9.00. The second-order valence-corrected chi connectivity index (χ2v) is 6.10. The molecule has 0 aromatic heterocycles. The molecule has 1 amide bonds. The third-order valence-electron chi connectivity index (χ3n) is 3.69. The first kappa shape index (κ1) is 20.5. The molecule has 2 aromatic carbocycles. The fourth-order valence-electron chi connectivity index (χ4n) is 2.30. The number of para-hydroxylation sites is 1. The van der Waals surface area contributed by atoms with E-state index >= 15 is 0 Å². The maximum atomic E-state index is 12.1. The number of esters is 1. The van der Waals surface area contributed by atoms with Crippen molar-refractivity contribution < 1.29 is 19.1 Å². The van der Waals surface area contributed by atoms with Gasteiger partial charge in [0.15, 0.2) is 6.10 Å². The van der Waals surface area contributed by atoms with Gasteiger partial charge in [-0.05, 0) is 37.6 Å². The van der Waals surface area contributed by atoms with Crippen LogP contribution in [-0.4, -0.2) is 24.6 Å².